The van der Waals surface area contributed by atoms with Gasteiger partial charge in [0.15, 0.2) is 5.78 Å². The van der Waals surface area contributed by atoms with Gasteiger partial charge in [0.1, 0.15) is 0 Å². The molecule has 1 aromatic carbocycles. The molecule has 0 aliphatic heterocycles. The third kappa shape index (κ3) is 12.6. The molecule has 0 aliphatic rings. The van der Waals surface area contributed by atoms with Crippen LogP contribution in [0.4, 0.5) is 0 Å². The maximum absolute atomic E-state index is 12.0. The van der Waals surface area contributed by atoms with Gasteiger partial charge in [0.05, 0.1) is 0 Å². The van der Waals surface area contributed by atoms with E-state index in [9.17, 15) is 4.79 Å². The average Bonchev–Trinajstić information content (AvgIpc) is 2.65. The lowest BCUT2D eigenvalue weighted by molar-refractivity contribution is 0.0979. The van der Waals surface area contributed by atoms with E-state index >= 15 is 0 Å². The first-order chi connectivity index (χ1) is 12.3. The Labute approximate surface area is 155 Å². The summed E-state index contributed by atoms with van der Waals surface area (Å²) in [7, 11) is 0. The summed E-state index contributed by atoms with van der Waals surface area (Å²) in [5.41, 5.74) is 0.859. The number of hydrogen-bond acceptors (Lipinski definition) is 1. The van der Waals surface area contributed by atoms with Crippen LogP contribution < -0.4 is 0 Å². The molecule has 0 fully saturated rings. The predicted octanol–water partition coefficient (Wildman–Crippen LogP) is 7.91. The minimum atomic E-state index is 0.290. The highest BCUT2D eigenvalue weighted by Gasteiger charge is 2.03. The Balaban J connectivity index is 1.84. The molecule has 0 aliphatic carbocycles. The summed E-state index contributed by atoms with van der Waals surface area (Å²) >= 11 is 0. The molecule has 0 unspecified atom stereocenters. The van der Waals surface area contributed by atoms with Crippen LogP contribution in [-0.4, -0.2) is 5.78 Å². The van der Waals surface area contributed by atoms with Gasteiger partial charge in [-0.2, -0.15) is 0 Å². The monoisotopic (exact) mass is 342 g/mol. The van der Waals surface area contributed by atoms with Crippen LogP contribution in [-0.2, 0) is 0 Å². The van der Waals surface area contributed by atoms with Gasteiger partial charge >= 0.3 is 0 Å². The Morgan fingerprint density at radius 2 is 1.24 bits per heavy atom. The second-order valence-corrected chi connectivity index (χ2v) is 7.12. The van der Waals surface area contributed by atoms with Crippen molar-refractivity contribution in [2.75, 3.05) is 0 Å². The molecule has 1 heteroatoms. The first kappa shape index (κ1) is 21.7. The maximum Gasteiger partial charge on any atom is 0.162 e. The molecule has 140 valence electrons. The van der Waals surface area contributed by atoms with E-state index in [2.05, 4.69) is 19.1 Å². The molecule has 0 saturated carbocycles. The van der Waals surface area contributed by atoms with Crippen LogP contribution in [0.25, 0.3) is 0 Å². The van der Waals surface area contributed by atoms with Gasteiger partial charge < -0.3 is 0 Å². The summed E-state index contributed by atoms with van der Waals surface area (Å²) in [6, 6.07) is 9.67. The van der Waals surface area contributed by atoms with Crippen LogP contribution in [0, 0.1) is 0 Å². The van der Waals surface area contributed by atoms with Gasteiger partial charge in [0, 0.05) is 12.0 Å². The predicted molar refractivity (Wildman–Crippen MR) is 110 cm³/mol. The fourth-order valence-electron chi connectivity index (χ4n) is 3.12. The summed E-state index contributed by atoms with van der Waals surface area (Å²) < 4.78 is 0. The van der Waals surface area contributed by atoms with E-state index in [1.165, 1.54) is 77.0 Å². The van der Waals surface area contributed by atoms with Crippen LogP contribution in [0.5, 0.6) is 0 Å². The third-order valence-corrected chi connectivity index (χ3v) is 4.76. The van der Waals surface area contributed by atoms with Gasteiger partial charge in [-0.1, -0.05) is 101 Å². The molecule has 0 spiro atoms. The topological polar surface area (TPSA) is 17.1 Å². The zero-order valence-electron chi connectivity index (χ0n) is 16.3. The first-order valence-electron chi connectivity index (χ1n) is 10.6. The van der Waals surface area contributed by atoms with Crippen molar-refractivity contribution in [1.82, 2.24) is 0 Å². The number of unbranched alkanes of at least 4 members (excludes halogenated alkanes) is 11. The number of hydrogen-bond donors (Lipinski definition) is 0. The number of benzene rings is 1. The van der Waals surface area contributed by atoms with Crippen LogP contribution in [0.2, 0.25) is 0 Å². The van der Waals surface area contributed by atoms with E-state index in [1.807, 2.05) is 30.3 Å². The Morgan fingerprint density at radius 1 is 0.720 bits per heavy atom. The molecule has 0 bridgehead atoms. The van der Waals surface area contributed by atoms with Gasteiger partial charge in [-0.3, -0.25) is 4.79 Å². The summed E-state index contributed by atoms with van der Waals surface area (Å²) in [6.45, 7) is 2.27. The van der Waals surface area contributed by atoms with Crippen molar-refractivity contribution in [3.63, 3.8) is 0 Å². The minimum Gasteiger partial charge on any atom is -0.294 e. The fourth-order valence-corrected chi connectivity index (χ4v) is 3.12. The first-order valence-corrected chi connectivity index (χ1v) is 10.6. The largest absolute Gasteiger partial charge is 0.294 e. The molecular weight excluding hydrogens is 304 g/mol. The Kier molecular flexibility index (Phi) is 14.0. The third-order valence-electron chi connectivity index (χ3n) is 4.76. The van der Waals surface area contributed by atoms with Crippen LogP contribution >= 0.6 is 0 Å². The molecule has 1 nitrogen and oxygen atoms in total. The maximum atomic E-state index is 12.0. The van der Waals surface area contributed by atoms with Crippen molar-refractivity contribution in [2.24, 2.45) is 0 Å². The van der Waals surface area contributed by atoms with E-state index in [4.69, 9.17) is 0 Å². The van der Waals surface area contributed by atoms with Crippen molar-refractivity contribution >= 4 is 5.78 Å². The molecule has 1 rings (SSSR count). The van der Waals surface area contributed by atoms with E-state index in [0.29, 0.717) is 12.2 Å². The summed E-state index contributed by atoms with van der Waals surface area (Å²) in [4.78, 5) is 12.0. The molecule has 0 N–H and O–H groups in total. The molecule has 0 amide bonds. The fraction of sp³-hybridized carbons (Fsp3) is 0.625. The summed E-state index contributed by atoms with van der Waals surface area (Å²) in [6.07, 6.45) is 22.3. The molecule has 1 aromatic rings. The summed E-state index contributed by atoms with van der Waals surface area (Å²) in [5, 5.41) is 0. The van der Waals surface area contributed by atoms with Gasteiger partial charge in [-0.05, 0) is 32.1 Å². The smallest absolute Gasteiger partial charge is 0.162 e. The molecule has 25 heavy (non-hydrogen) atoms. The number of rotatable bonds is 16. The highest BCUT2D eigenvalue weighted by molar-refractivity contribution is 5.95. The Bertz CT molecular complexity index is 446. The van der Waals surface area contributed by atoms with E-state index in [-0.39, 0.29) is 0 Å². The zero-order chi connectivity index (χ0) is 18.0. The molecule has 0 aromatic heterocycles. The van der Waals surface area contributed by atoms with Crippen molar-refractivity contribution in [1.29, 1.82) is 0 Å². The van der Waals surface area contributed by atoms with E-state index < -0.39 is 0 Å². The van der Waals surface area contributed by atoms with Crippen LogP contribution in [0.1, 0.15) is 107 Å². The average molecular weight is 343 g/mol. The normalized spacial score (nSPS) is 11.2. The lowest BCUT2D eigenvalue weighted by Crippen LogP contribution is -1.98. The number of ketones is 1. The van der Waals surface area contributed by atoms with Crippen molar-refractivity contribution < 1.29 is 4.79 Å². The standard InChI is InChI=1S/C24H38O/c1-2-3-4-5-6-7-8-9-10-11-12-13-14-15-19-22-24(25)23-20-17-16-18-21-23/h9-10,16-18,20-21H,2-8,11-15,19,22H2,1H3. The molecule has 0 saturated heterocycles. The number of carbonyl (C=O) groups excluding carboxylic acids is 1. The lowest BCUT2D eigenvalue weighted by Gasteiger charge is -2.01. The van der Waals surface area contributed by atoms with E-state index in [1.54, 1.807) is 0 Å². The minimum absolute atomic E-state index is 0.290. The highest BCUT2D eigenvalue weighted by Crippen LogP contribution is 2.12. The number of carbonyl (C=O) groups is 1. The van der Waals surface area contributed by atoms with Gasteiger partial charge in [0.25, 0.3) is 0 Å². The molecule has 0 atom stereocenters. The van der Waals surface area contributed by atoms with Crippen molar-refractivity contribution in [3.05, 3.63) is 48.0 Å². The van der Waals surface area contributed by atoms with Crippen molar-refractivity contribution in [3.8, 4) is 0 Å². The second-order valence-electron chi connectivity index (χ2n) is 7.12. The van der Waals surface area contributed by atoms with Crippen molar-refractivity contribution in [2.45, 2.75) is 96.8 Å². The van der Waals surface area contributed by atoms with Gasteiger partial charge in [-0.25, -0.2) is 0 Å². The van der Waals surface area contributed by atoms with E-state index in [0.717, 1.165) is 12.0 Å². The molecule has 0 radical (unpaired) electrons. The van der Waals surface area contributed by atoms with Gasteiger partial charge in [0.2, 0.25) is 0 Å². The molecular formula is C24H38O. The number of Topliss-reactive ketones (excluding diaryl/α,β-unsaturated/α-hetero) is 1. The molecule has 0 heterocycles. The van der Waals surface area contributed by atoms with Gasteiger partial charge in [-0.15, -0.1) is 0 Å². The SMILES string of the molecule is CCCCCCCCC=CCCCCCCCC(=O)c1ccccc1. The zero-order valence-corrected chi connectivity index (χ0v) is 16.3. The Morgan fingerprint density at radius 3 is 1.84 bits per heavy atom. The summed E-state index contributed by atoms with van der Waals surface area (Å²) in [5.74, 6) is 0.290. The number of allylic oxidation sites excluding steroid dienone is 2. The van der Waals surface area contributed by atoms with Crippen LogP contribution in [0.3, 0.4) is 0 Å². The van der Waals surface area contributed by atoms with Crippen LogP contribution in [0.15, 0.2) is 42.5 Å². The lowest BCUT2D eigenvalue weighted by atomic mass is 10.0. The quantitative estimate of drug-likeness (QED) is 0.169. The Hall–Kier alpha value is -1.37. The highest BCUT2D eigenvalue weighted by atomic mass is 16.1. The second kappa shape index (κ2) is 16.1.